The van der Waals surface area contributed by atoms with E-state index < -0.39 is 6.16 Å². The molecule has 0 amide bonds. The van der Waals surface area contributed by atoms with E-state index in [1.54, 1.807) is 24.3 Å². The lowest BCUT2D eigenvalue weighted by Crippen LogP contribution is -1.81. The Labute approximate surface area is 68.9 Å². The van der Waals surface area contributed by atoms with Gasteiger partial charge in [-0.3, -0.25) is 0 Å². The third kappa shape index (κ3) is 8.78. The molecule has 1 aromatic carbocycles. The average molecular weight is 174 g/mol. The number of carbonyl (C=O) groups is 1. The van der Waals surface area contributed by atoms with Crippen LogP contribution in [0.5, 0.6) is 0 Å². The molecule has 0 aliphatic carbocycles. The van der Waals surface area contributed by atoms with Gasteiger partial charge in [-0.25, -0.2) is 4.79 Å². The van der Waals surface area contributed by atoms with Gasteiger partial charge in [0, 0.05) is 5.02 Å². The molecule has 0 aromatic heterocycles. The summed E-state index contributed by atoms with van der Waals surface area (Å²) in [7, 11) is 0. The van der Waals surface area contributed by atoms with Crippen LogP contribution < -0.4 is 0 Å². The lowest BCUT2D eigenvalue weighted by molar-refractivity contribution is 0.137. The Balaban J connectivity index is 0.000000218. The molecule has 1 radical (unpaired) electrons. The highest BCUT2D eigenvalue weighted by Crippen LogP contribution is 2.03. The van der Waals surface area contributed by atoms with Gasteiger partial charge in [0.05, 0.1) is 0 Å². The van der Waals surface area contributed by atoms with Crippen molar-refractivity contribution >= 4 is 17.8 Å². The van der Waals surface area contributed by atoms with Gasteiger partial charge in [-0.05, 0) is 18.2 Å². The molecule has 0 unspecified atom stereocenters. The summed E-state index contributed by atoms with van der Waals surface area (Å²) < 4.78 is 0. The minimum Gasteiger partial charge on any atom is -0.450 e. The molecule has 0 fully saturated rings. The highest BCUT2D eigenvalue weighted by molar-refractivity contribution is 6.30. The highest BCUT2D eigenvalue weighted by atomic mass is 35.5. The third-order valence-corrected chi connectivity index (χ3v) is 0.930. The van der Waals surface area contributed by atoms with Gasteiger partial charge >= 0.3 is 6.16 Å². The Morgan fingerprint density at radius 1 is 1.36 bits per heavy atom. The second-order valence-electron chi connectivity index (χ2n) is 1.50. The molecule has 1 aromatic rings. The van der Waals surface area contributed by atoms with Crippen LogP contribution in [0.3, 0.4) is 0 Å². The second kappa shape index (κ2) is 5.56. The Hall–Kier alpha value is -1.22. The molecular weight excluding hydrogens is 168 g/mol. The van der Waals surface area contributed by atoms with Crippen LogP contribution in [-0.2, 0) is 0 Å². The molecular formula is C7H6ClO3. The SMILES string of the molecule is Clc1cc[c]cc1.O=C(O)O. The quantitative estimate of drug-likeness (QED) is 0.633. The van der Waals surface area contributed by atoms with Crippen molar-refractivity contribution in [3.63, 3.8) is 0 Å². The van der Waals surface area contributed by atoms with Gasteiger partial charge in [0.2, 0.25) is 0 Å². The fraction of sp³-hybridized carbons (Fsp3) is 0. The number of carboxylic acid groups (broad SMARTS) is 2. The number of rotatable bonds is 0. The first kappa shape index (κ1) is 9.78. The maximum Gasteiger partial charge on any atom is 0.503 e. The van der Waals surface area contributed by atoms with Gasteiger partial charge < -0.3 is 10.2 Å². The standard InChI is InChI=1S/C6H4Cl.CH2O3/c7-6-4-2-1-3-5-6;2-1(3)4/h2-5H;(H2,2,3,4). The molecule has 0 spiro atoms. The van der Waals surface area contributed by atoms with Crippen LogP contribution in [-0.4, -0.2) is 16.4 Å². The molecule has 0 bridgehead atoms. The first-order chi connectivity index (χ1) is 5.13. The molecule has 0 saturated heterocycles. The van der Waals surface area contributed by atoms with E-state index >= 15 is 0 Å². The molecule has 4 heteroatoms. The molecule has 0 aliphatic rings. The maximum atomic E-state index is 8.56. The predicted octanol–water partition coefficient (Wildman–Crippen LogP) is 2.36. The Kier molecular flexibility index (Phi) is 4.94. The van der Waals surface area contributed by atoms with Crippen LogP contribution in [0.1, 0.15) is 0 Å². The van der Waals surface area contributed by atoms with E-state index in [1.807, 2.05) is 0 Å². The smallest absolute Gasteiger partial charge is 0.450 e. The van der Waals surface area contributed by atoms with Crippen molar-refractivity contribution in [2.75, 3.05) is 0 Å². The molecule has 3 nitrogen and oxygen atoms in total. The van der Waals surface area contributed by atoms with Gasteiger partial charge in [0.25, 0.3) is 0 Å². The van der Waals surface area contributed by atoms with Crippen LogP contribution in [0.2, 0.25) is 5.02 Å². The Bertz CT molecular complexity index is 206. The topological polar surface area (TPSA) is 57.5 Å². The highest BCUT2D eigenvalue weighted by Gasteiger charge is 1.75. The van der Waals surface area contributed by atoms with Crippen molar-refractivity contribution in [1.29, 1.82) is 0 Å². The van der Waals surface area contributed by atoms with Crippen molar-refractivity contribution in [2.24, 2.45) is 0 Å². The van der Waals surface area contributed by atoms with Crippen molar-refractivity contribution < 1.29 is 15.0 Å². The summed E-state index contributed by atoms with van der Waals surface area (Å²) in [5, 5.41) is 14.7. The third-order valence-electron chi connectivity index (χ3n) is 0.678. The van der Waals surface area contributed by atoms with Crippen LogP contribution in [0.25, 0.3) is 0 Å². The van der Waals surface area contributed by atoms with E-state index in [0.29, 0.717) is 0 Å². The first-order valence-electron chi connectivity index (χ1n) is 2.66. The van der Waals surface area contributed by atoms with Crippen molar-refractivity contribution in [3.8, 4) is 0 Å². The van der Waals surface area contributed by atoms with Gasteiger partial charge in [0.1, 0.15) is 0 Å². The zero-order chi connectivity index (χ0) is 8.69. The van der Waals surface area contributed by atoms with Crippen LogP contribution in [0, 0.1) is 6.07 Å². The molecule has 0 atom stereocenters. The summed E-state index contributed by atoms with van der Waals surface area (Å²) in [5.74, 6) is 0. The number of hydrogen-bond acceptors (Lipinski definition) is 1. The van der Waals surface area contributed by atoms with Gasteiger partial charge in [0.15, 0.2) is 0 Å². The van der Waals surface area contributed by atoms with Crippen LogP contribution in [0.15, 0.2) is 24.3 Å². The molecule has 0 aliphatic heterocycles. The van der Waals surface area contributed by atoms with Crippen molar-refractivity contribution in [3.05, 3.63) is 35.4 Å². The first-order valence-corrected chi connectivity index (χ1v) is 3.04. The summed E-state index contributed by atoms with van der Waals surface area (Å²) in [6.07, 6.45) is -1.83. The summed E-state index contributed by atoms with van der Waals surface area (Å²) >= 11 is 5.52. The van der Waals surface area contributed by atoms with E-state index in [4.69, 9.17) is 26.6 Å². The molecule has 11 heavy (non-hydrogen) atoms. The lowest BCUT2D eigenvalue weighted by atomic mass is 10.4. The summed E-state index contributed by atoms with van der Waals surface area (Å²) in [5.41, 5.74) is 0. The number of hydrogen-bond donors (Lipinski definition) is 2. The monoisotopic (exact) mass is 173 g/mol. The van der Waals surface area contributed by atoms with Crippen LogP contribution >= 0.6 is 11.6 Å². The fourth-order valence-corrected chi connectivity index (χ4v) is 0.493. The van der Waals surface area contributed by atoms with Crippen molar-refractivity contribution in [1.82, 2.24) is 0 Å². The van der Waals surface area contributed by atoms with Crippen molar-refractivity contribution in [2.45, 2.75) is 0 Å². The molecule has 1 rings (SSSR count). The lowest BCUT2D eigenvalue weighted by Gasteiger charge is -1.79. The summed E-state index contributed by atoms with van der Waals surface area (Å²) in [6.45, 7) is 0. The van der Waals surface area contributed by atoms with Gasteiger partial charge in [-0.1, -0.05) is 23.7 Å². The van der Waals surface area contributed by atoms with Gasteiger partial charge in [-0.15, -0.1) is 0 Å². The zero-order valence-corrected chi connectivity index (χ0v) is 6.25. The van der Waals surface area contributed by atoms with Gasteiger partial charge in [-0.2, -0.15) is 0 Å². The fourth-order valence-electron chi connectivity index (χ4n) is 0.367. The number of halogens is 1. The second-order valence-corrected chi connectivity index (χ2v) is 1.94. The maximum absolute atomic E-state index is 8.56. The van der Waals surface area contributed by atoms with Crippen LogP contribution in [0.4, 0.5) is 4.79 Å². The predicted molar refractivity (Wildman–Crippen MR) is 40.9 cm³/mol. The van der Waals surface area contributed by atoms with E-state index in [2.05, 4.69) is 6.07 Å². The Morgan fingerprint density at radius 2 is 1.73 bits per heavy atom. The van der Waals surface area contributed by atoms with E-state index in [1.165, 1.54) is 0 Å². The summed E-state index contributed by atoms with van der Waals surface area (Å²) in [6, 6.07) is 10.00. The summed E-state index contributed by atoms with van der Waals surface area (Å²) in [4.78, 5) is 8.56. The number of benzene rings is 1. The van der Waals surface area contributed by atoms with E-state index in [-0.39, 0.29) is 0 Å². The van der Waals surface area contributed by atoms with E-state index in [9.17, 15) is 0 Å². The average Bonchev–Trinajstić information content (AvgIpc) is 1.87. The minimum absolute atomic E-state index is 0.763. The molecule has 59 valence electrons. The largest absolute Gasteiger partial charge is 0.503 e. The normalized spacial score (nSPS) is 7.73. The minimum atomic E-state index is -1.83. The molecule has 0 saturated carbocycles. The van der Waals surface area contributed by atoms with E-state index in [0.717, 1.165) is 5.02 Å². The molecule has 0 heterocycles. The zero-order valence-electron chi connectivity index (χ0n) is 5.49. The molecule has 2 N–H and O–H groups in total. The Morgan fingerprint density at radius 3 is 1.91 bits per heavy atom.